The fourth-order valence-electron chi connectivity index (χ4n) is 6.11. The number of rotatable bonds is 4. The maximum absolute atomic E-state index is 12.8. The summed E-state index contributed by atoms with van der Waals surface area (Å²) in [4.78, 5) is 12.8. The number of benzene rings is 1. The molecule has 0 radical (unpaired) electrons. The third-order valence-electron chi connectivity index (χ3n) is 6.45. The van der Waals surface area contributed by atoms with Gasteiger partial charge < -0.3 is 5.32 Å². The molecule has 0 heterocycles. The first-order valence-corrected chi connectivity index (χ1v) is 10.7. The van der Waals surface area contributed by atoms with E-state index in [1.165, 1.54) is 32.1 Å². The molecule has 1 aromatic carbocycles. The lowest BCUT2D eigenvalue weighted by Crippen LogP contribution is -2.54. The molecular weight excluding hydrogens is 421 g/mol. The Labute approximate surface area is 168 Å². The lowest BCUT2D eigenvalue weighted by atomic mass is 9.48. The van der Waals surface area contributed by atoms with Crippen LogP contribution < -0.4 is 5.32 Å². The van der Waals surface area contributed by atoms with Crippen LogP contribution in [0.2, 0.25) is 10.0 Å². The van der Waals surface area contributed by atoms with Gasteiger partial charge in [-0.05, 0) is 80.4 Å². The molecule has 1 amide bonds. The number of halogens is 3. The number of nitrogens with one attached hydrogen (secondary N) is 1. The Balaban J connectivity index is 1.44. The Morgan fingerprint density at radius 1 is 1.28 bits per heavy atom. The van der Waals surface area contributed by atoms with Crippen LogP contribution in [0.1, 0.15) is 63.5 Å². The van der Waals surface area contributed by atoms with Crippen molar-refractivity contribution < 1.29 is 4.79 Å². The van der Waals surface area contributed by atoms with E-state index >= 15 is 0 Å². The Kier molecular flexibility index (Phi) is 4.66. The normalized spacial score (nSPS) is 37.1. The van der Waals surface area contributed by atoms with Crippen molar-refractivity contribution >= 4 is 45.0 Å². The van der Waals surface area contributed by atoms with Crippen LogP contribution in [-0.2, 0) is 4.79 Å². The predicted molar refractivity (Wildman–Crippen MR) is 106 cm³/mol. The minimum atomic E-state index is -0.107. The van der Waals surface area contributed by atoms with Crippen LogP contribution in [-0.4, -0.2) is 10.2 Å². The van der Waals surface area contributed by atoms with Gasteiger partial charge in [0.05, 0.1) is 6.04 Å². The van der Waals surface area contributed by atoms with Crippen molar-refractivity contribution in [1.82, 2.24) is 5.32 Å². The average molecular weight is 445 g/mol. The smallest absolute Gasteiger partial charge is 0.221 e. The van der Waals surface area contributed by atoms with Gasteiger partial charge in [-0.15, -0.1) is 0 Å². The summed E-state index contributed by atoms with van der Waals surface area (Å²) in [5.74, 6) is 1.75. The highest BCUT2D eigenvalue weighted by molar-refractivity contribution is 9.10. The number of amides is 1. The van der Waals surface area contributed by atoms with Gasteiger partial charge in [0.1, 0.15) is 0 Å². The molecule has 4 aliphatic carbocycles. The molecule has 1 N–H and O–H groups in total. The molecule has 136 valence electrons. The molecule has 0 saturated heterocycles. The Hall–Kier alpha value is -0.250. The second-order valence-electron chi connectivity index (χ2n) is 8.74. The number of alkyl halides is 1. The molecule has 4 aliphatic rings. The molecule has 1 aromatic rings. The van der Waals surface area contributed by atoms with Crippen molar-refractivity contribution in [2.45, 2.75) is 62.2 Å². The molecule has 0 unspecified atom stereocenters. The van der Waals surface area contributed by atoms with Crippen LogP contribution in [0.25, 0.3) is 0 Å². The summed E-state index contributed by atoms with van der Waals surface area (Å²) in [6.07, 6.45) is 8.20. The van der Waals surface area contributed by atoms with Crippen molar-refractivity contribution in [2.24, 2.45) is 17.3 Å². The lowest BCUT2D eigenvalue weighted by molar-refractivity contribution is -0.128. The van der Waals surface area contributed by atoms with Crippen LogP contribution in [0.4, 0.5) is 0 Å². The largest absolute Gasteiger partial charge is 0.350 e. The van der Waals surface area contributed by atoms with Crippen molar-refractivity contribution in [2.75, 3.05) is 0 Å². The number of carbonyl (C=O) groups is 1. The first kappa shape index (κ1) is 18.1. The Bertz CT molecular complexity index is 693. The molecule has 5 rings (SSSR count). The van der Waals surface area contributed by atoms with Crippen LogP contribution >= 0.6 is 39.1 Å². The molecule has 3 atom stereocenters. The molecule has 2 nitrogen and oxygen atoms in total. The number of hydrogen-bond donors (Lipinski definition) is 1. The Morgan fingerprint density at radius 2 is 1.96 bits per heavy atom. The van der Waals surface area contributed by atoms with E-state index in [4.69, 9.17) is 23.2 Å². The minimum Gasteiger partial charge on any atom is -0.350 e. The van der Waals surface area contributed by atoms with E-state index in [2.05, 4.69) is 21.2 Å². The van der Waals surface area contributed by atoms with Crippen molar-refractivity contribution in [1.29, 1.82) is 0 Å². The van der Waals surface area contributed by atoms with E-state index in [1.807, 2.05) is 19.1 Å². The molecule has 4 bridgehead atoms. The average Bonchev–Trinajstić information content (AvgIpc) is 2.43. The summed E-state index contributed by atoms with van der Waals surface area (Å²) in [5.41, 5.74) is 1.11. The maximum atomic E-state index is 12.8. The summed E-state index contributed by atoms with van der Waals surface area (Å²) in [7, 11) is 0. The van der Waals surface area contributed by atoms with Gasteiger partial charge in [-0.25, -0.2) is 0 Å². The predicted octanol–water partition coefficient (Wildman–Crippen LogP) is 6.29. The van der Waals surface area contributed by atoms with E-state index in [0.29, 0.717) is 20.8 Å². The zero-order valence-electron chi connectivity index (χ0n) is 14.5. The maximum Gasteiger partial charge on any atom is 0.221 e. The highest BCUT2D eigenvalue weighted by atomic mass is 79.9. The zero-order valence-corrected chi connectivity index (χ0v) is 17.6. The molecular formula is C20H24BrCl2NO. The zero-order chi connectivity index (χ0) is 17.8. The topological polar surface area (TPSA) is 29.1 Å². The SMILES string of the molecule is C[C@@H](NC(=O)CC12C[C@H]3C[C@@H](CC(Br)(C3)C1)C2)c1ccc(Cl)cc1Cl. The van der Waals surface area contributed by atoms with Gasteiger partial charge in [0.15, 0.2) is 0 Å². The van der Waals surface area contributed by atoms with Gasteiger partial charge in [0.2, 0.25) is 5.91 Å². The van der Waals surface area contributed by atoms with E-state index in [0.717, 1.165) is 23.8 Å². The summed E-state index contributed by atoms with van der Waals surface area (Å²) in [6, 6.07) is 5.34. The lowest BCUT2D eigenvalue weighted by Gasteiger charge is -2.60. The van der Waals surface area contributed by atoms with Gasteiger partial charge in [-0.1, -0.05) is 45.2 Å². The number of carbonyl (C=O) groups excluding carboxylic acids is 1. The number of hydrogen-bond acceptors (Lipinski definition) is 1. The molecule has 0 aliphatic heterocycles. The van der Waals surface area contributed by atoms with Gasteiger partial charge in [0, 0.05) is 20.8 Å². The quantitative estimate of drug-likeness (QED) is 0.542. The molecule has 5 heteroatoms. The molecule has 4 fully saturated rings. The fraction of sp³-hybridized carbons (Fsp3) is 0.650. The van der Waals surface area contributed by atoms with Crippen LogP contribution in [0.3, 0.4) is 0 Å². The third kappa shape index (κ3) is 3.61. The second kappa shape index (κ2) is 6.42. The summed E-state index contributed by atoms with van der Waals surface area (Å²) in [5, 5.41) is 4.38. The van der Waals surface area contributed by atoms with Crippen molar-refractivity contribution in [3.05, 3.63) is 33.8 Å². The fourth-order valence-corrected chi connectivity index (χ4v) is 8.19. The van der Waals surface area contributed by atoms with Gasteiger partial charge in [-0.3, -0.25) is 4.79 Å². The second-order valence-corrected chi connectivity index (χ2v) is 11.3. The highest BCUT2D eigenvalue weighted by Crippen LogP contribution is 2.65. The van der Waals surface area contributed by atoms with Gasteiger partial charge in [0.25, 0.3) is 0 Å². The van der Waals surface area contributed by atoms with Crippen molar-refractivity contribution in [3.63, 3.8) is 0 Å². The van der Waals surface area contributed by atoms with Crippen LogP contribution in [0.15, 0.2) is 18.2 Å². The third-order valence-corrected chi connectivity index (χ3v) is 7.94. The van der Waals surface area contributed by atoms with E-state index in [1.54, 1.807) is 6.07 Å². The van der Waals surface area contributed by atoms with E-state index < -0.39 is 0 Å². The molecule has 0 aromatic heterocycles. The van der Waals surface area contributed by atoms with Gasteiger partial charge in [-0.2, -0.15) is 0 Å². The van der Waals surface area contributed by atoms with Gasteiger partial charge >= 0.3 is 0 Å². The van der Waals surface area contributed by atoms with E-state index in [9.17, 15) is 4.79 Å². The summed E-state index contributed by atoms with van der Waals surface area (Å²) < 4.78 is 0.294. The molecule has 25 heavy (non-hydrogen) atoms. The monoisotopic (exact) mass is 443 g/mol. The highest BCUT2D eigenvalue weighted by Gasteiger charge is 2.57. The first-order valence-electron chi connectivity index (χ1n) is 9.19. The van der Waals surface area contributed by atoms with Crippen molar-refractivity contribution in [3.8, 4) is 0 Å². The molecule has 0 spiro atoms. The van der Waals surface area contributed by atoms with E-state index in [-0.39, 0.29) is 17.4 Å². The summed E-state index contributed by atoms with van der Waals surface area (Å²) >= 11 is 16.3. The van der Waals surface area contributed by atoms with Crippen LogP contribution in [0, 0.1) is 17.3 Å². The minimum absolute atomic E-state index is 0.107. The standard InChI is InChI=1S/C20H24BrCl2NO/c1-12(16-3-2-15(22)5-17(16)23)24-18(25)10-19-6-13-4-14(7-19)9-20(21,8-13)11-19/h2-3,5,12-14H,4,6-11H2,1H3,(H,24,25)/t12-,13-,14-,19?,20?/m1/s1. The first-order chi connectivity index (χ1) is 11.8. The summed E-state index contributed by atoms with van der Waals surface area (Å²) in [6.45, 7) is 1.98. The molecule has 4 saturated carbocycles. The van der Waals surface area contributed by atoms with Crippen LogP contribution in [0.5, 0.6) is 0 Å². The Morgan fingerprint density at radius 3 is 2.56 bits per heavy atom.